The summed E-state index contributed by atoms with van der Waals surface area (Å²) in [6, 6.07) is 2.20. The molecule has 0 amide bonds. The first-order valence-electron chi connectivity index (χ1n) is 5.51. The van der Waals surface area contributed by atoms with Crippen molar-refractivity contribution >= 4 is 27.5 Å². The Morgan fingerprint density at radius 2 is 2.25 bits per heavy atom. The van der Waals surface area contributed by atoms with E-state index in [1.807, 2.05) is 17.3 Å². The number of hydrogen-bond acceptors (Lipinski definition) is 3. The third-order valence-electron chi connectivity index (χ3n) is 3.00. The van der Waals surface area contributed by atoms with Gasteiger partial charge in [0.15, 0.2) is 0 Å². The Morgan fingerprint density at radius 3 is 3.00 bits per heavy atom. The van der Waals surface area contributed by atoms with Crippen molar-refractivity contribution in [1.29, 1.82) is 0 Å². The summed E-state index contributed by atoms with van der Waals surface area (Å²) in [5, 5.41) is 2.56. The molecule has 1 fully saturated rings. The van der Waals surface area contributed by atoms with Crippen LogP contribution in [0.2, 0.25) is 5.02 Å². The Labute approximate surface area is 109 Å². The lowest BCUT2D eigenvalue weighted by Gasteiger charge is -2.25. The molecule has 1 aliphatic rings. The van der Waals surface area contributed by atoms with Crippen molar-refractivity contribution in [2.24, 2.45) is 5.84 Å². The molecule has 1 saturated heterocycles. The molecule has 0 spiro atoms. The van der Waals surface area contributed by atoms with E-state index in [0.29, 0.717) is 9.63 Å². The first-order chi connectivity index (χ1) is 7.68. The highest BCUT2D eigenvalue weighted by molar-refractivity contribution is 9.10. The van der Waals surface area contributed by atoms with Gasteiger partial charge in [-0.1, -0.05) is 24.4 Å². The van der Waals surface area contributed by atoms with Gasteiger partial charge in [0.2, 0.25) is 0 Å². The second kappa shape index (κ2) is 5.45. The maximum Gasteiger partial charge on any atom is 0.124 e. The molecular weight excluding hydrogens is 289 g/mol. The quantitative estimate of drug-likeness (QED) is 0.639. The second-order valence-corrected chi connectivity index (χ2v) is 5.30. The van der Waals surface area contributed by atoms with E-state index in [1.165, 1.54) is 19.3 Å². The minimum Gasteiger partial charge on any atom is -0.268 e. The van der Waals surface area contributed by atoms with Crippen LogP contribution in [0.3, 0.4) is 0 Å². The van der Waals surface area contributed by atoms with Gasteiger partial charge in [0.05, 0.1) is 11.1 Å². The van der Waals surface area contributed by atoms with E-state index in [4.69, 9.17) is 17.4 Å². The first kappa shape index (κ1) is 12.3. The fourth-order valence-electron chi connectivity index (χ4n) is 2.11. The van der Waals surface area contributed by atoms with E-state index >= 15 is 0 Å². The standard InChI is InChI=1S/C11H15BrClN3/c12-11-9(13)6-8(7-15-11)10-4-2-1-3-5-16(10)14/h6-7,10H,1-5,14H2/t10-/m1/s1. The smallest absolute Gasteiger partial charge is 0.124 e. The third-order valence-corrected chi connectivity index (χ3v) is 4.14. The van der Waals surface area contributed by atoms with Crippen molar-refractivity contribution in [2.75, 3.05) is 6.54 Å². The molecule has 1 atom stereocenters. The number of nitrogens with two attached hydrogens (primary N) is 1. The summed E-state index contributed by atoms with van der Waals surface area (Å²) >= 11 is 9.35. The van der Waals surface area contributed by atoms with Gasteiger partial charge < -0.3 is 0 Å². The van der Waals surface area contributed by atoms with Gasteiger partial charge in [-0.2, -0.15) is 0 Å². The summed E-state index contributed by atoms with van der Waals surface area (Å²) in [7, 11) is 0. The maximum atomic E-state index is 6.05. The predicted molar refractivity (Wildman–Crippen MR) is 69.0 cm³/mol. The van der Waals surface area contributed by atoms with Gasteiger partial charge in [-0.15, -0.1) is 0 Å². The minimum atomic E-state index is 0.251. The van der Waals surface area contributed by atoms with Crippen LogP contribution in [-0.2, 0) is 0 Å². The fourth-order valence-corrected chi connectivity index (χ4v) is 2.50. The molecular formula is C11H15BrClN3. The van der Waals surface area contributed by atoms with Crippen LogP contribution in [0, 0.1) is 0 Å². The molecule has 0 unspecified atom stereocenters. The summed E-state index contributed by atoms with van der Waals surface area (Å²) in [5.74, 6) is 6.05. The fraction of sp³-hybridized carbons (Fsp3) is 0.545. The number of hydrazine groups is 1. The molecule has 16 heavy (non-hydrogen) atoms. The van der Waals surface area contributed by atoms with Crippen LogP contribution in [0.25, 0.3) is 0 Å². The zero-order valence-corrected chi connectivity index (χ0v) is 11.3. The van der Waals surface area contributed by atoms with Gasteiger partial charge in [-0.05, 0) is 40.4 Å². The number of hydrogen-bond donors (Lipinski definition) is 1. The molecule has 2 heterocycles. The Hall–Kier alpha value is -0.160. The number of rotatable bonds is 1. The summed E-state index contributed by atoms with van der Waals surface area (Å²) in [6.45, 7) is 0.943. The molecule has 0 radical (unpaired) electrons. The van der Waals surface area contributed by atoms with E-state index in [-0.39, 0.29) is 6.04 Å². The molecule has 3 nitrogen and oxygen atoms in total. The van der Waals surface area contributed by atoms with Crippen LogP contribution in [-0.4, -0.2) is 16.5 Å². The van der Waals surface area contributed by atoms with Crippen LogP contribution in [0.1, 0.15) is 37.3 Å². The van der Waals surface area contributed by atoms with E-state index in [0.717, 1.165) is 18.5 Å². The maximum absolute atomic E-state index is 6.05. The highest BCUT2D eigenvalue weighted by atomic mass is 79.9. The van der Waals surface area contributed by atoms with E-state index < -0.39 is 0 Å². The number of aromatic nitrogens is 1. The molecule has 0 bridgehead atoms. The molecule has 0 saturated carbocycles. The van der Waals surface area contributed by atoms with Gasteiger partial charge >= 0.3 is 0 Å². The highest BCUT2D eigenvalue weighted by Gasteiger charge is 2.20. The zero-order chi connectivity index (χ0) is 11.5. The summed E-state index contributed by atoms with van der Waals surface area (Å²) < 4.78 is 0.690. The average Bonchev–Trinajstić information content (AvgIpc) is 2.47. The Kier molecular flexibility index (Phi) is 4.19. The molecule has 0 aromatic carbocycles. The van der Waals surface area contributed by atoms with E-state index in [1.54, 1.807) is 0 Å². The molecule has 88 valence electrons. The second-order valence-electron chi connectivity index (χ2n) is 4.14. The molecule has 1 aromatic heterocycles. The summed E-state index contributed by atoms with van der Waals surface area (Å²) in [5.41, 5.74) is 1.11. The van der Waals surface area contributed by atoms with Crippen molar-refractivity contribution in [3.8, 4) is 0 Å². The average molecular weight is 305 g/mol. The van der Waals surface area contributed by atoms with Crippen LogP contribution in [0.4, 0.5) is 0 Å². The normalized spacial score (nSPS) is 23.1. The first-order valence-corrected chi connectivity index (χ1v) is 6.68. The zero-order valence-electron chi connectivity index (χ0n) is 9.00. The van der Waals surface area contributed by atoms with Crippen LogP contribution in [0.15, 0.2) is 16.9 Å². The SMILES string of the molecule is NN1CCCCC[C@@H]1c1cnc(Br)c(Cl)c1. The lowest BCUT2D eigenvalue weighted by atomic mass is 10.0. The Balaban J connectivity index is 2.23. The Bertz CT molecular complexity index is 372. The predicted octanol–water partition coefficient (Wildman–Crippen LogP) is 3.29. The van der Waals surface area contributed by atoms with Gasteiger partial charge in [-0.3, -0.25) is 5.84 Å². The largest absolute Gasteiger partial charge is 0.268 e. The third kappa shape index (κ3) is 2.74. The van der Waals surface area contributed by atoms with Gasteiger partial charge in [0, 0.05) is 12.7 Å². The minimum absolute atomic E-state index is 0.251. The number of pyridine rings is 1. The van der Waals surface area contributed by atoms with Crippen molar-refractivity contribution in [3.05, 3.63) is 27.5 Å². The molecule has 2 rings (SSSR count). The lowest BCUT2D eigenvalue weighted by Crippen LogP contribution is -2.34. The summed E-state index contributed by atoms with van der Waals surface area (Å²) in [6.07, 6.45) is 6.57. The van der Waals surface area contributed by atoms with Crippen LogP contribution in [0.5, 0.6) is 0 Å². The van der Waals surface area contributed by atoms with E-state index in [9.17, 15) is 0 Å². The van der Waals surface area contributed by atoms with E-state index in [2.05, 4.69) is 20.9 Å². The lowest BCUT2D eigenvalue weighted by molar-refractivity contribution is 0.206. The summed E-state index contributed by atoms with van der Waals surface area (Å²) in [4.78, 5) is 4.22. The number of nitrogens with zero attached hydrogens (tertiary/aromatic N) is 2. The molecule has 0 aliphatic carbocycles. The molecule has 5 heteroatoms. The van der Waals surface area contributed by atoms with Gasteiger partial charge in [0.25, 0.3) is 0 Å². The molecule has 2 N–H and O–H groups in total. The highest BCUT2D eigenvalue weighted by Crippen LogP contribution is 2.30. The van der Waals surface area contributed by atoms with Gasteiger partial charge in [-0.25, -0.2) is 9.99 Å². The molecule has 1 aromatic rings. The van der Waals surface area contributed by atoms with Crippen LogP contribution >= 0.6 is 27.5 Å². The Morgan fingerprint density at radius 1 is 1.44 bits per heavy atom. The van der Waals surface area contributed by atoms with Crippen molar-refractivity contribution in [3.63, 3.8) is 0 Å². The van der Waals surface area contributed by atoms with Crippen molar-refractivity contribution < 1.29 is 0 Å². The van der Waals surface area contributed by atoms with Crippen LogP contribution < -0.4 is 5.84 Å². The monoisotopic (exact) mass is 303 g/mol. The van der Waals surface area contributed by atoms with Crippen molar-refractivity contribution in [1.82, 2.24) is 9.99 Å². The van der Waals surface area contributed by atoms with Crippen molar-refractivity contribution in [2.45, 2.75) is 31.7 Å². The topological polar surface area (TPSA) is 42.1 Å². The van der Waals surface area contributed by atoms with Gasteiger partial charge in [0.1, 0.15) is 4.60 Å². The number of halogens is 2. The molecule has 1 aliphatic heterocycles.